The molecule has 2 nitrogen and oxygen atoms in total. The highest BCUT2D eigenvalue weighted by Crippen LogP contribution is 2.37. The second-order valence-electron chi connectivity index (χ2n) is 5.79. The molecule has 1 aliphatic carbocycles. The molecule has 0 amide bonds. The molecule has 1 aromatic carbocycles. The van der Waals surface area contributed by atoms with Crippen LogP contribution in [-0.4, -0.2) is 12.6 Å². The third-order valence-electron chi connectivity index (χ3n) is 3.61. The van der Waals surface area contributed by atoms with Crippen LogP contribution in [0.1, 0.15) is 38.2 Å². The zero-order valence-electron chi connectivity index (χ0n) is 10.9. The Morgan fingerprint density at radius 1 is 1.33 bits per heavy atom. The zero-order chi connectivity index (χ0) is 13.2. The van der Waals surface area contributed by atoms with Crippen molar-refractivity contribution in [3.63, 3.8) is 0 Å². The molecule has 0 aromatic heterocycles. The normalized spacial score (nSPS) is 23.2. The van der Waals surface area contributed by atoms with E-state index >= 15 is 0 Å². The summed E-state index contributed by atoms with van der Waals surface area (Å²) in [5.74, 6) is 0.681. The van der Waals surface area contributed by atoms with Crippen LogP contribution in [-0.2, 0) is 0 Å². The van der Waals surface area contributed by atoms with Crippen LogP contribution in [0.25, 0.3) is 0 Å². The monoisotopic (exact) mass is 306 g/mol. The molecule has 1 aromatic rings. The van der Waals surface area contributed by atoms with Crippen molar-refractivity contribution in [1.82, 2.24) is 5.32 Å². The van der Waals surface area contributed by atoms with E-state index in [1.807, 2.05) is 13.8 Å². The largest absolute Gasteiger partial charge is 0.312 e. The average Bonchev–Trinajstić information content (AvgIpc) is 2.29. The molecule has 0 unspecified atom stereocenters. The van der Waals surface area contributed by atoms with Crippen LogP contribution < -0.4 is 5.32 Å². The van der Waals surface area contributed by atoms with Crippen molar-refractivity contribution < 1.29 is 0 Å². The third kappa shape index (κ3) is 3.34. The van der Waals surface area contributed by atoms with E-state index in [1.54, 1.807) is 0 Å². The third-order valence-corrected chi connectivity index (χ3v) is 4.14. The lowest BCUT2D eigenvalue weighted by Crippen LogP contribution is -2.43. The molecule has 1 aliphatic rings. The molecular weight excluding hydrogens is 288 g/mol. The van der Waals surface area contributed by atoms with Crippen molar-refractivity contribution in [2.24, 2.45) is 5.41 Å². The van der Waals surface area contributed by atoms with Gasteiger partial charge in [0.25, 0.3) is 0 Å². The number of nitriles is 1. The predicted octanol–water partition coefficient (Wildman–Crippen LogP) is 3.83. The number of hydrogen-bond donors (Lipinski definition) is 1. The quantitative estimate of drug-likeness (QED) is 0.917. The van der Waals surface area contributed by atoms with Gasteiger partial charge >= 0.3 is 0 Å². The van der Waals surface area contributed by atoms with E-state index in [0.717, 1.165) is 11.0 Å². The Morgan fingerprint density at radius 2 is 1.94 bits per heavy atom. The van der Waals surface area contributed by atoms with Gasteiger partial charge in [-0.15, -0.1) is 0 Å². The maximum Gasteiger partial charge on any atom is 0.0697 e. The van der Waals surface area contributed by atoms with E-state index < -0.39 is 0 Å². The van der Waals surface area contributed by atoms with Crippen LogP contribution in [0.3, 0.4) is 0 Å². The molecule has 3 heteroatoms. The summed E-state index contributed by atoms with van der Waals surface area (Å²) < 4.78 is 1.14. The van der Waals surface area contributed by atoms with E-state index in [1.165, 1.54) is 18.4 Å². The van der Waals surface area contributed by atoms with Gasteiger partial charge in [-0.25, -0.2) is 0 Å². The van der Waals surface area contributed by atoms with Crippen molar-refractivity contribution in [2.75, 3.05) is 6.54 Å². The summed E-state index contributed by atoms with van der Waals surface area (Å²) in [7, 11) is 0. The topological polar surface area (TPSA) is 35.8 Å². The first-order chi connectivity index (χ1) is 8.50. The smallest absolute Gasteiger partial charge is 0.0697 e. The molecule has 18 heavy (non-hydrogen) atoms. The Balaban J connectivity index is 1.78. The molecule has 1 N–H and O–H groups in total. The van der Waals surface area contributed by atoms with Gasteiger partial charge in [-0.05, 0) is 50.3 Å². The summed E-state index contributed by atoms with van der Waals surface area (Å²) >= 11 is 3.46. The minimum absolute atomic E-state index is 0.261. The number of hydrogen-bond acceptors (Lipinski definition) is 2. The van der Waals surface area contributed by atoms with E-state index in [2.05, 4.69) is 51.6 Å². The van der Waals surface area contributed by atoms with Crippen LogP contribution >= 0.6 is 15.9 Å². The summed E-state index contributed by atoms with van der Waals surface area (Å²) in [6.45, 7) is 4.73. The fourth-order valence-corrected chi connectivity index (χ4v) is 2.49. The Hall–Kier alpha value is -0.850. The summed E-state index contributed by atoms with van der Waals surface area (Å²) in [4.78, 5) is 0. The molecule has 0 bridgehead atoms. The lowest BCUT2D eigenvalue weighted by Gasteiger charge is -2.37. The highest BCUT2D eigenvalue weighted by molar-refractivity contribution is 9.10. The second kappa shape index (κ2) is 5.42. The first-order valence-corrected chi connectivity index (χ1v) is 7.19. The van der Waals surface area contributed by atoms with E-state index in [9.17, 15) is 0 Å². The van der Waals surface area contributed by atoms with Crippen molar-refractivity contribution in [3.05, 3.63) is 34.3 Å². The van der Waals surface area contributed by atoms with Gasteiger partial charge in [-0.3, -0.25) is 0 Å². The van der Waals surface area contributed by atoms with Gasteiger partial charge in [0.1, 0.15) is 0 Å². The molecule has 1 saturated carbocycles. The summed E-state index contributed by atoms with van der Waals surface area (Å²) in [6.07, 6.45) is 2.37. The van der Waals surface area contributed by atoms with Crippen LogP contribution in [0.4, 0.5) is 0 Å². The Kier molecular flexibility index (Phi) is 4.09. The Morgan fingerprint density at radius 3 is 2.50 bits per heavy atom. The summed E-state index contributed by atoms with van der Waals surface area (Å²) in [5, 5.41) is 12.4. The van der Waals surface area contributed by atoms with Gasteiger partial charge in [0.15, 0.2) is 0 Å². The minimum Gasteiger partial charge on any atom is -0.312 e. The summed E-state index contributed by atoms with van der Waals surface area (Å²) in [6, 6.07) is 11.5. The van der Waals surface area contributed by atoms with Crippen molar-refractivity contribution >= 4 is 15.9 Å². The van der Waals surface area contributed by atoms with Crippen molar-refractivity contribution in [2.45, 2.75) is 38.6 Å². The maximum absolute atomic E-state index is 8.96. The molecular formula is C15H19BrN2. The minimum atomic E-state index is -0.261. The van der Waals surface area contributed by atoms with Crippen LogP contribution in [0, 0.1) is 16.7 Å². The van der Waals surface area contributed by atoms with Gasteiger partial charge in [0.2, 0.25) is 0 Å². The van der Waals surface area contributed by atoms with E-state index in [0.29, 0.717) is 12.0 Å². The van der Waals surface area contributed by atoms with Crippen LogP contribution in [0.2, 0.25) is 0 Å². The molecule has 0 spiro atoms. The Labute approximate surface area is 118 Å². The van der Waals surface area contributed by atoms with Crippen molar-refractivity contribution in [1.29, 1.82) is 5.26 Å². The Bertz CT molecular complexity index is 439. The van der Waals surface area contributed by atoms with Gasteiger partial charge in [-0.2, -0.15) is 5.26 Å². The van der Waals surface area contributed by atoms with Crippen molar-refractivity contribution in [3.8, 4) is 6.07 Å². The molecule has 0 aliphatic heterocycles. The molecule has 1 fully saturated rings. The predicted molar refractivity (Wildman–Crippen MR) is 77.3 cm³/mol. The fourth-order valence-electron chi connectivity index (χ4n) is 2.23. The van der Waals surface area contributed by atoms with Crippen LogP contribution in [0.15, 0.2) is 28.7 Å². The first-order valence-electron chi connectivity index (χ1n) is 6.40. The van der Waals surface area contributed by atoms with E-state index in [-0.39, 0.29) is 5.41 Å². The first kappa shape index (κ1) is 13.6. The SMILES string of the molecule is CC(C)(C#N)CNC1CC(c2ccc(Br)cc2)C1. The number of halogens is 1. The van der Waals surface area contributed by atoms with Gasteiger partial charge in [-0.1, -0.05) is 28.1 Å². The zero-order valence-corrected chi connectivity index (χ0v) is 12.5. The molecule has 96 valence electrons. The highest BCUT2D eigenvalue weighted by atomic mass is 79.9. The standard InChI is InChI=1S/C15H19BrN2/c1-15(2,9-17)10-18-14-7-12(8-14)11-3-5-13(16)6-4-11/h3-6,12,14,18H,7-8,10H2,1-2H3. The molecule has 0 saturated heterocycles. The summed E-state index contributed by atoms with van der Waals surface area (Å²) in [5.41, 5.74) is 1.17. The van der Waals surface area contributed by atoms with Gasteiger partial charge < -0.3 is 5.32 Å². The van der Waals surface area contributed by atoms with Crippen LogP contribution in [0.5, 0.6) is 0 Å². The average molecular weight is 307 g/mol. The lowest BCUT2D eigenvalue weighted by atomic mass is 9.75. The second-order valence-corrected chi connectivity index (χ2v) is 6.71. The fraction of sp³-hybridized carbons (Fsp3) is 0.533. The van der Waals surface area contributed by atoms with Gasteiger partial charge in [0.05, 0.1) is 11.5 Å². The number of nitrogens with one attached hydrogen (secondary N) is 1. The number of rotatable bonds is 4. The molecule has 0 atom stereocenters. The van der Waals surface area contributed by atoms with Gasteiger partial charge in [0, 0.05) is 17.1 Å². The number of benzene rings is 1. The highest BCUT2D eigenvalue weighted by Gasteiger charge is 2.31. The molecule has 0 radical (unpaired) electrons. The lowest BCUT2D eigenvalue weighted by molar-refractivity contribution is 0.267. The number of nitrogens with zero attached hydrogens (tertiary/aromatic N) is 1. The maximum atomic E-state index is 8.96. The molecule has 0 heterocycles. The molecule has 2 rings (SSSR count). The van der Waals surface area contributed by atoms with E-state index in [4.69, 9.17) is 5.26 Å².